The molecule has 0 saturated carbocycles. The van der Waals surface area contributed by atoms with E-state index in [1.165, 1.54) is 31.6 Å². The normalized spacial score (nSPS) is 22.1. The monoisotopic (exact) mass is 190 g/mol. The summed E-state index contributed by atoms with van der Waals surface area (Å²) in [5.74, 6) is 0. The molecule has 0 aliphatic carbocycles. The first-order valence-electron chi connectivity index (χ1n) is 5.31. The summed E-state index contributed by atoms with van der Waals surface area (Å²) >= 11 is 0. The van der Waals surface area contributed by atoms with Gasteiger partial charge in [0, 0.05) is 17.3 Å². The van der Waals surface area contributed by atoms with Crippen LogP contribution < -0.4 is 0 Å². The highest BCUT2D eigenvalue weighted by atomic mass is 15.1. The lowest BCUT2D eigenvalue weighted by Gasteiger charge is -2.37. The molecule has 1 aliphatic rings. The van der Waals surface area contributed by atoms with Crippen molar-refractivity contribution in [3.05, 3.63) is 30.1 Å². The van der Waals surface area contributed by atoms with Crippen LogP contribution in [0.5, 0.6) is 0 Å². The van der Waals surface area contributed by atoms with Gasteiger partial charge in [0.1, 0.15) is 0 Å². The minimum absolute atomic E-state index is 0.299. The maximum Gasteiger partial charge on any atom is 0.0463 e. The lowest BCUT2D eigenvalue weighted by Crippen LogP contribution is -2.39. The third kappa shape index (κ3) is 1.80. The molecule has 0 radical (unpaired) electrons. The van der Waals surface area contributed by atoms with Crippen LogP contribution in [0.15, 0.2) is 24.4 Å². The minimum atomic E-state index is 0.299. The molecule has 2 heterocycles. The van der Waals surface area contributed by atoms with E-state index in [1.54, 1.807) is 0 Å². The van der Waals surface area contributed by atoms with E-state index in [2.05, 4.69) is 36.0 Å². The molecule has 0 spiro atoms. The minimum Gasteiger partial charge on any atom is -0.306 e. The van der Waals surface area contributed by atoms with Crippen LogP contribution in [0.3, 0.4) is 0 Å². The second kappa shape index (κ2) is 3.70. The summed E-state index contributed by atoms with van der Waals surface area (Å²) in [4.78, 5) is 6.87. The van der Waals surface area contributed by atoms with E-state index in [-0.39, 0.29) is 0 Å². The zero-order valence-electron chi connectivity index (χ0n) is 9.03. The van der Waals surface area contributed by atoms with Crippen LogP contribution in [0.4, 0.5) is 0 Å². The number of aromatic nitrogens is 1. The van der Waals surface area contributed by atoms with Crippen LogP contribution in [0.1, 0.15) is 25.5 Å². The second-order valence-corrected chi connectivity index (χ2v) is 4.58. The highest BCUT2D eigenvalue weighted by molar-refractivity contribution is 5.16. The van der Waals surface area contributed by atoms with E-state index in [0.29, 0.717) is 5.41 Å². The predicted molar refractivity (Wildman–Crippen MR) is 58.3 cm³/mol. The van der Waals surface area contributed by atoms with Gasteiger partial charge in [-0.25, -0.2) is 0 Å². The largest absolute Gasteiger partial charge is 0.306 e. The van der Waals surface area contributed by atoms with Gasteiger partial charge in [-0.15, -0.1) is 0 Å². The molecule has 76 valence electrons. The summed E-state index contributed by atoms with van der Waals surface area (Å²) in [6.45, 7) is 4.71. The molecule has 1 aromatic rings. The molecule has 2 rings (SSSR count). The number of piperidine rings is 1. The van der Waals surface area contributed by atoms with E-state index in [9.17, 15) is 0 Å². The first kappa shape index (κ1) is 9.66. The molecule has 0 atom stereocenters. The standard InChI is InChI=1S/C12H18N2/c1-12(6-9-14(2)10-7-12)11-5-3-4-8-13-11/h3-5,8H,6-7,9-10H2,1-2H3. The zero-order chi connectivity index (χ0) is 10.0. The SMILES string of the molecule is CN1CCC(C)(c2ccccn2)CC1. The molecule has 0 N–H and O–H groups in total. The lowest BCUT2D eigenvalue weighted by atomic mass is 9.77. The predicted octanol–water partition coefficient (Wildman–Crippen LogP) is 2.06. The summed E-state index contributed by atoms with van der Waals surface area (Å²) < 4.78 is 0. The molecule has 14 heavy (non-hydrogen) atoms. The Morgan fingerprint density at radius 1 is 1.29 bits per heavy atom. The van der Waals surface area contributed by atoms with Crippen molar-refractivity contribution in [1.82, 2.24) is 9.88 Å². The average molecular weight is 190 g/mol. The Bertz CT molecular complexity index is 286. The Hall–Kier alpha value is -0.890. The van der Waals surface area contributed by atoms with Gasteiger partial charge in [-0.3, -0.25) is 4.98 Å². The molecule has 1 fully saturated rings. The van der Waals surface area contributed by atoms with Crippen molar-refractivity contribution in [2.24, 2.45) is 0 Å². The third-order valence-corrected chi connectivity index (χ3v) is 3.37. The molecule has 2 heteroatoms. The fourth-order valence-electron chi connectivity index (χ4n) is 2.09. The Kier molecular flexibility index (Phi) is 2.55. The Morgan fingerprint density at radius 3 is 2.57 bits per heavy atom. The van der Waals surface area contributed by atoms with Gasteiger partial charge < -0.3 is 4.90 Å². The first-order valence-corrected chi connectivity index (χ1v) is 5.31. The van der Waals surface area contributed by atoms with Gasteiger partial charge in [0.2, 0.25) is 0 Å². The molecule has 0 bridgehead atoms. The van der Waals surface area contributed by atoms with Crippen LogP contribution in [0.2, 0.25) is 0 Å². The second-order valence-electron chi connectivity index (χ2n) is 4.58. The maximum atomic E-state index is 4.48. The van der Waals surface area contributed by atoms with Gasteiger partial charge in [-0.05, 0) is 45.1 Å². The van der Waals surface area contributed by atoms with Crippen molar-refractivity contribution in [2.75, 3.05) is 20.1 Å². The Balaban J connectivity index is 2.17. The first-order chi connectivity index (χ1) is 6.71. The highest BCUT2D eigenvalue weighted by Gasteiger charge is 2.31. The van der Waals surface area contributed by atoms with E-state index in [0.717, 1.165) is 0 Å². The van der Waals surface area contributed by atoms with Crippen LogP contribution in [-0.2, 0) is 5.41 Å². The summed E-state index contributed by atoms with van der Waals surface area (Å²) in [5, 5.41) is 0. The quantitative estimate of drug-likeness (QED) is 0.674. The van der Waals surface area contributed by atoms with Crippen molar-refractivity contribution in [3.63, 3.8) is 0 Å². The van der Waals surface area contributed by atoms with Crippen LogP contribution in [-0.4, -0.2) is 30.0 Å². The molecule has 1 saturated heterocycles. The number of likely N-dealkylation sites (tertiary alicyclic amines) is 1. The Morgan fingerprint density at radius 2 is 2.00 bits per heavy atom. The molecular formula is C12H18N2. The molecule has 1 aliphatic heterocycles. The van der Waals surface area contributed by atoms with E-state index in [4.69, 9.17) is 0 Å². The van der Waals surface area contributed by atoms with Gasteiger partial charge in [-0.1, -0.05) is 13.0 Å². The van der Waals surface area contributed by atoms with Crippen molar-refractivity contribution >= 4 is 0 Å². The van der Waals surface area contributed by atoms with Crippen molar-refractivity contribution in [3.8, 4) is 0 Å². The summed E-state index contributed by atoms with van der Waals surface area (Å²) in [5.41, 5.74) is 1.56. The van der Waals surface area contributed by atoms with Gasteiger partial charge in [0.15, 0.2) is 0 Å². The van der Waals surface area contributed by atoms with Crippen LogP contribution in [0, 0.1) is 0 Å². The molecule has 0 aromatic carbocycles. The van der Waals surface area contributed by atoms with Crippen LogP contribution >= 0.6 is 0 Å². The molecule has 2 nitrogen and oxygen atoms in total. The van der Waals surface area contributed by atoms with Gasteiger partial charge in [0.05, 0.1) is 0 Å². The van der Waals surface area contributed by atoms with Crippen molar-refractivity contribution in [1.29, 1.82) is 0 Å². The van der Waals surface area contributed by atoms with Crippen molar-refractivity contribution in [2.45, 2.75) is 25.2 Å². The van der Waals surface area contributed by atoms with Gasteiger partial charge in [-0.2, -0.15) is 0 Å². The zero-order valence-corrected chi connectivity index (χ0v) is 9.03. The summed E-state index contributed by atoms with van der Waals surface area (Å²) in [6, 6.07) is 6.24. The van der Waals surface area contributed by atoms with Crippen molar-refractivity contribution < 1.29 is 0 Å². The highest BCUT2D eigenvalue weighted by Crippen LogP contribution is 2.32. The van der Waals surface area contributed by atoms with Crippen LogP contribution in [0.25, 0.3) is 0 Å². The van der Waals surface area contributed by atoms with E-state index >= 15 is 0 Å². The topological polar surface area (TPSA) is 16.1 Å². The van der Waals surface area contributed by atoms with Gasteiger partial charge >= 0.3 is 0 Å². The fraction of sp³-hybridized carbons (Fsp3) is 0.583. The molecule has 0 unspecified atom stereocenters. The maximum absolute atomic E-state index is 4.48. The third-order valence-electron chi connectivity index (χ3n) is 3.37. The average Bonchev–Trinajstić information content (AvgIpc) is 2.24. The Labute approximate surface area is 86.0 Å². The van der Waals surface area contributed by atoms with E-state index in [1.807, 2.05) is 12.3 Å². The molecular weight excluding hydrogens is 172 g/mol. The van der Waals surface area contributed by atoms with E-state index < -0.39 is 0 Å². The number of nitrogens with zero attached hydrogens (tertiary/aromatic N) is 2. The smallest absolute Gasteiger partial charge is 0.0463 e. The van der Waals surface area contributed by atoms with Gasteiger partial charge in [0.25, 0.3) is 0 Å². The number of rotatable bonds is 1. The molecule has 1 aromatic heterocycles. The fourth-order valence-corrected chi connectivity index (χ4v) is 2.09. The number of pyridine rings is 1. The summed E-state index contributed by atoms with van der Waals surface area (Å²) in [7, 11) is 2.19. The molecule has 0 amide bonds. The number of hydrogen-bond acceptors (Lipinski definition) is 2. The number of hydrogen-bond donors (Lipinski definition) is 0. The lowest BCUT2D eigenvalue weighted by molar-refractivity contribution is 0.197. The summed E-state index contributed by atoms with van der Waals surface area (Å²) in [6.07, 6.45) is 4.35.